The third-order valence-electron chi connectivity index (χ3n) is 5.86. The van der Waals surface area contributed by atoms with E-state index in [1.807, 2.05) is 19.1 Å². The van der Waals surface area contributed by atoms with Gasteiger partial charge in [0.1, 0.15) is 10.6 Å². The zero-order valence-electron chi connectivity index (χ0n) is 17.6. The molecule has 1 aromatic heterocycles. The number of allylic oxidation sites excluding steroid dienone is 1. The molecule has 1 fully saturated rings. The average molecular weight is 445 g/mol. The Morgan fingerprint density at radius 2 is 2.10 bits per heavy atom. The predicted octanol–water partition coefficient (Wildman–Crippen LogP) is 2.44. The first-order valence-corrected chi connectivity index (χ1v) is 12.1. The van der Waals surface area contributed by atoms with E-state index in [4.69, 9.17) is 4.74 Å². The summed E-state index contributed by atoms with van der Waals surface area (Å²) in [4.78, 5) is 13.2. The fraction of sp³-hybridized carbons (Fsp3) is 0.455. The second-order valence-electron chi connectivity index (χ2n) is 7.86. The van der Waals surface area contributed by atoms with Crippen molar-refractivity contribution in [1.29, 1.82) is 0 Å². The maximum atomic E-state index is 13.1. The van der Waals surface area contributed by atoms with Gasteiger partial charge in [-0.3, -0.25) is 9.48 Å². The minimum absolute atomic E-state index is 0.0162. The first-order valence-electron chi connectivity index (χ1n) is 10.7. The SMILES string of the molecule is CCn1cc(S(=O)(=O)N2CC[C@H]3NC(=O)c4ccccc4OCC/C=C/C[C@H]3C2)cn1. The number of nitrogens with one attached hydrogen (secondary N) is 1. The molecule has 8 nitrogen and oxygen atoms in total. The highest BCUT2D eigenvalue weighted by Gasteiger charge is 2.36. The molecule has 2 aliphatic heterocycles. The van der Waals surface area contributed by atoms with Crippen LogP contribution in [-0.4, -0.2) is 54.1 Å². The summed E-state index contributed by atoms with van der Waals surface area (Å²) in [6.45, 7) is 3.72. The van der Waals surface area contributed by atoms with Gasteiger partial charge in [-0.25, -0.2) is 8.42 Å². The lowest BCUT2D eigenvalue weighted by atomic mass is 9.89. The maximum absolute atomic E-state index is 13.1. The van der Waals surface area contributed by atoms with E-state index in [2.05, 4.69) is 22.6 Å². The fourth-order valence-corrected chi connectivity index (χ4v) is 5.56. The number of carbonyl (C=O) groups excluding carboxylic acids is 1. The Labute approximate surface area is 182 Å². The number of ether oxygens (including phenoxy) is 1. The van der Waals surface area contributed by atoms with Crippen molar-refractivity contribution in [2.45, 2.75) is 43.7 Å². The fourth-order valence-electron chi connectivity index (χ4n) is 4.10. The van der Waals surface area contributed by atoms with Crippen molar-refractivity contribution in [2.24, 2.45) is 5.92 Å². The normalized spacial score (nSPS) is 24.0. The molecule has 4 rings (SSSR count). The molecule has 0 radical (unpaired) electrons. The van der Waals surface area contributed by atoms with E-state index < -0.39 is 10.0 Å². The van der Waals surface area contributed by atoms with Crippen molar-refractivity contribution in [1.82, 2.24) is 19.4 Å². The van der Waals surface area contributed by atoms with Crippen LogP contribution in [0.15, 0.2) is 53.7 Å². The van der Waals surface area contributed by atoms with E-state index >= 15 is 0 Å². The van der Waals surface area contributed by atoms with E-state index in [1.165, 1.54) is 10.5 Å². The molecule has 1 saturated heterocycles. The Kier molecular flexibility index (Phi) is 6.43. The van der Waals surface area contributed by atoms with Gasteiger partial charge in [-0.2, -0.15) is 9.40 Å². The number of rotatable bonds is 3. The molecular weight excluding hydrogens is 416 g/mol. The molecule has 1 aromatic carbocycles. The van der Waals surface area contributed by atoms with Crippen LogP contribution in [0.2, 0.25) is 0 Å². The number of piperidine rings is 1. The zero-order chi connectivity index (χ0) is 21.8. The number of aryl methyl sites for hydroxylation is 1. The van der Waals surface area contributed by atoms with Crippen LogP contribution in [-0.2, 0) is 16.6 Å². The second-order valence-corrected chi connectivity index (χ2v) is 9.80. The number of benzene rings is 1. The number of hydrogen-bond acceptors (Lipinski definition) is 5. The summed E-state index contributed by atoms with van der Waals surface area (Å²) >= 11 is 0. The number of para-hydroxylation sites is 1. The van der Waals surface area contributed by atoms with E-state index in [1.54, 1.807) is 23.0 Å². The number of amides is 1. The third kappa shape index (κ3) is 4.67. The van der Waals surface area contributed by atoms with Crippen molar-refractivity contribution in [3.63, 3.8) is 0 Å². The summed E-state index contributed by atoms with van der Waals surface area (Å²) < 4.78 is 35.2. The van der Waals surface area contributed by atoms with Gasteiger partial charge in [-0.15, -0.1) is 0 Å². The minimum atomic E-state index is -3.62. The first kappa shape index (κ1) is 21.6. The molecule has 2 atom stereocenters. The molecule has 0 saturated carbocycles. The van der Waals surface area contributed by atoms with Crippen LogP contribution >= 0.6 is 0 Å². The molecule has 0 aliphatic carbocycles. The number of fused-ring (bicyclic) bond motifs is 2. The lowest BCUT2D eigenvalue weighted by Crippen LogP contribution is -2.52. The van der Waals surface area contributed by atoms with Gasteiger partial charge in [-0.05, 0) is 44.2 Å². The van der Waals surface area contributed by atoms with Crippen molar-refractivity contribution in [3.05, 3.63) is 54.4 Å². The summed E-state index contributed by atoms with van der Waals surface area (Å²) in [5, 5.41) is 7.24. The van der Waals surface area contributed by atoms with Gasteiger partial charge in [0.25, 0.3) is 5.91 Å². The van der Waals surface area contributed by atoms with Crippen LogP contribution in [0, 0.1) is 5.92 Å². The summed E-state index contributed by atoms with van der Waals surface area (Å²) in [5.41, 5.74) is 0.507. The molecule has 166 valence electrons. The quantitative estimate of drug-likeness (QED) is 0.734. The van der Waals surface area contributed by atoms with E-state index in [0.717, 1.165) is 6.42 Å². The molecule has 0 unspecified atom stereocenters. The number of hydrogen-bond donors (Lipinski definition) is 1. The van der Waals surface area contributed by atoms with Gasteiger partial charge < -0.3 is 10.1 Å². The van der Waals surface area contributed by atoms with Crippen LogP contribution in [0.25, 0.3) is 0 Å². The van der Waals surface area contributed by atoms with Crippen molar-refractivity contribution in [3.8, 4) is 5.75 Å². The van der Waals surface area contributed by atoms with Crippen LogP contribution in [0.3, 0.4) is 0 Å². The third-order valence-corrected chi connectivity index (χ3v) is 7.68. The minimum Gasteiger partial charge on any atom is -0.492 e. The van der Waals surface area contributed by atoms with Gasteiger partial charge >= 0.3 is 0 Å². The zero-order valence-corrected chi connectivity index (χ0v) is 18.4. The van der Waals surface area contributed by atoms with E-state index in [-0.39, 0.29) is 22.8 Å². The predicted molar refractivity (Wildman–Crippen MR) is 116 cm³/mol. The Morgan fingerprint density at radius 1 is 1.26 bits per heavy atom. The topological polar surface area (TPSA) is 93.5 Å². The number of carbonyl (C=O) groups is 1. The maximum Gasteiger partial charge on any atom is 0.255 e. The molecule has 31 heavy (non-hydrogen) atoms. The Hall–Kier alpha value is -2.65. The van der Waals surface area contributed by atoms with Crippen molar-refractivity contribution >= 4 is 15.9 Å². The van der Waals surface area contributed by atoms with Gasteiger partial charge in [0.15, 0.2) is 0 Å². The van der Waals surface area contributed by atoms with Crippen molar-refractivity contribution < 1.29 is 17.9 Å². The monoisotopic (exact) mass is 444 g/mol. The summed E-state index contributed by atoms with van der Waals surface area (Å²) in [7, 11) is -3.62. The van der Waals surface area contributed by atoms with Crippen LogP contribution in [0.1, 0.15) is 36.5 Å². The number of aromatic nitrogens is 2. The second kappa shape index (κ2) is 9.23. The molecule has 2 aliphatic rings. The Balaban J connectivity index is 1.56. The van der Waals surface area contributed by atoms with Crippen LogP contribution < -0.4 is 10.1 Å². The lowest BCUT2D eigenvalue weighted by Gasteiger charge is -2.38. The van der Waals surface area contributed by atoms with Gasteiger partial charge in [0.05, 0.1) is 18.4 Å². The molecule has 1 amide bonds. The summed E-state index contributed by atoms with van der Waals surface area (Å²) in [6.07, 6.45) is 9.06. The highest BCUT2D eigenvalue weighted by Crippen LogP contribution is 2.28. The molecule has 9 heteroatoms. The standard InChI is InChI=1S/C22H28N4O4S/c1-2-25-16-18(14-23-25)31(28,29)26-12-11-20-17(15-26)8-4-3-7-13-30-21-10-6-5-9-19(21)22(27)24-20/h3-6,9-10,14,16-17,20H,2,7-8,11-13,15H2,1H3,(H,24,27)/b4-3+/t17-,20+/m0/s1. The molecule has 1 N–H and O–H groups in total. The van der Waals surface area contributed by atoms with Crippen LogP contribution in [0.5, 0.6) is 5.75 Å². The van der Waals surface area contributed by atoms with E-state index in [0.29, 0.717) is 50.4 Å². The first-order chi connectivity index (χ1) is 15.0. The summed E-state index contributed by atoms with van der Waals surface area (Å²) in [6, 6.07) is 7.10. The highest BCUT2D eigenvalue weighted by atomic mass is 32.2. The summed E-state index contributed by atoms with van der Waals surface area (Å²) in [5.74, 6) is 0.367. The van der Waals surface area contributed by atoms with Crippen LogP contribution in [0.4, 0.5) is 0 Å². The molecular formula is C22H28N4O4S. The molecule has 2 aromatic rings. The highest BCUT2D eigenvalue weighted by molar-refractivity contribution is 7.89. The number of nitrogens with zero attached hydrogens (tertiary/aromatic N) is 3. The lowest BCUT2D eigenvalue weighted by molar-refractivity contribution is 0.0891. The molecule has 0 spiro atoms. The van der Waals surface area contributed by atoms with E-state index in [9.17, 15) is 13.2 Å². The largest absolute Gasteiger partial charge is 0.492 e. The average Bonchev–Trinajstić information content (AvgIpc) is 3.26. The Bertz CT molecular complexity index is 1060. The van der Waals surface area contributed by atoms with Crippen molar-refractivity contribution in [2.75, 3.05) is 19.7 Å². The van der Waals surface area contributed by atoms with Gasteiger partial charge in [0.2, 0.25) is 10.0 Å². The van der Waals surface area contributed by atoms with Gasteiger partial charge in [-0.1, -0.05) is 24.3 Å². The molecule has 0 bridgehead atoms. The number of sulfonamides is 1. The van der Waals surface area contributed by atoms with Gasteiger partial charge in [0, 0.05) is 31.9 Å². The Morgan fingerprint density at radius 3 is 2.90 bits per heavy atom. The smallest absolute Gasteiger partial charge is 0.255 e. The molecule has 3 heterocycles.